The third-order valence-electron chi connectivity index (χ3n) is 4.88. The summed E-state index contributed by atoms with van der Waals surface area (Å²) in [5.41, 5.74) is 2.96. The highest BCUT2D eigenvalue weighted by Gasteiger charge is 2.38. The molecule has 4 rings (SSSR count). The number of benzene rings is 2. The van der Waals surface area contributed by atoms with Crippen molar-refractivity contribution in [1.82, 2.24) is 0 Å². The second-order valence-corrected chi connectivity index (χ2v) is 7.58. The Labute approximate surface area is 153 Å². The number of hydrogen-bond donors (Lipinski definition) is 1. The summed E-state index contributed by atoms with van der Waals surface area (Å²) >= 11 is 9.42. The zero-order chi connectivity index (χ0) is 16.8. The molecule has 0 saturated carbocycles. The highest BCUT2D eigenvalue weighted by molar-refractivity contribution is 9.10. The molecule has 3 nitrogen and oxygen atoms in total. The molecule has 2 aromatic rings. The Balaban J connectivity index is 1.86. The molecule has 0 spiro atoms. The van der Waals surface area contributed by atoms with E-state index < -0.39 is 5.97 Å². The Bertz CT molecular complexity index is 847. The van der Waals surface area contributed by atoms with E-state index in [2.05, 4.69) is 33.4 Å². The van der Waals surface area contributed by atoms with Crippen molar-refractivity contribution in [2.45, 2.75) is 18.4 Å². The lowest BCUT2D eigenvalue weighted by Crippen LogP contribution is -2.32. The van der Waals surface area contributed by atoms with Gasteiger partial charge in [-0.2, -0.15) is 0 Å². The van der Waals surface area contributed by atoms with Crippen molar-refractivity contribution in [3.63, 3.8) is 0 Å². The van der Waals surface area contributed by atoms with Crippen molar-refractivity contribution in [3.8, 4) is 0 Å². The number of allylic oxidation sites excluding steroid dienone is 2. The summed E-state index contributed by atoms with van der Waals surface area (Å²) in [7, 11) is 0. The van der Waals surface area contributed by atoms with E-state index in [-0.39, 0.29) is 17.5 Å². The first kappa shape index (κ1) is 15.7. The number of nitrogens with one attached hydrogen (secondary N) is 1. The summed E-state index contributed by atoms with van der Waals surface area (Å²) in [5.74, 6) is -0.629. The van der Waals surface area contributed by atoms with E-state index in [9.17, 15) is 9.90 Å². The zero-order valence-corrected chi connectivity index (χ0v) is 15.0. The van der Waals surface area contributed by atoms with E-state index in [0.29, 0.717) is 16.6 Å². The summed E-state index contributed by atoms with van der Waals surface area (Å²) in [4.78, 5) is 11.6. The molecule has 1 N–H and O–H groups in total. The van der Waals surface area contributed by atoms with Gasteiger partial charge in [0.05, 0.1) is 12.0 Å². The largest absolute Gasteiger partial charge is 0.545 e. The van der Waals surface area contributed by atoms with Gasteiger partial charge < -0.3 is 15.2 Å². The molecule has 1 aliphatic carbocycles. The summed E-state index contributed by atoms with van der Waals surface area (Å²) in [6.07, 6.45) is 5.31. The van der Waals surface area contributed by atoms with E-state index in [1.807, 2.05) is 30.3 Å². The highest BCUT2D eigenvalue weighted by atomic mass is 79.9. The minimum Gasteiger partial charge on any atom is -0.545 e. The van der Waals surface area contributed by atoms with Crippen LogP contribution in [0.15, 0.2) is 53.0 Å². The molecule has 5 heteroatoms. The number of carboxylic acids is 1. The Hall–Kier alpha value is -1.78. The van der Waals surface area contributed by atoms with Crippen LogP contribution in [0.3, 0.4) is 0 Å². The van der Waals surface area contributed by atoms with Crippen LogP contribution < -0.4 is 10.4 Å². The van der Waals surface area contributed by atoms with Gasteiger partial charge in [0.1, 0.15) is 0 Å². The molecule has 0 amide bonds. The molecule has 122 valence electrons. The van der Waals surface area contributed by atoms with Gasteiger partial charge in [-0.3, -0.25) is 0 Å². The Morgan fingerprint density at radius 3 is 2.71 bits per heavy atom. The topological polar surface area (TPSA) is 52.2 Å². The normalized spacial score (nSPS) is 24.2. The average Bonchev–Trinajstić information content (AvgIpc) is 3.04. The van der Waals surface area contributed by atoms with Gasteiger partial charge in [0.25, 0.3) is 0 Å². The fraction of sp³-hybridized carbons (Fsp3) is 0.211. The fourth-order valence-electron chi connectivity index (χ4n) is 3.83. The number of carbonyl (C=O) groups excluding carboxylic acids is 1. The maximum Gasteiger partial charge on any atom is 0.0736 e. The lowest BCUT2D eigenvalue weighted by atomic mass is 9.76. The molecule has 1 aliphatic heterocycles. The molecule has 24 heavy (non-hydrogen) atoms. The van der Waals surface area contributed by atoms with Crippen molar-refractivity contribution in [2.24, 2.45) is 5.92 Å². The van der Waals surface area contributed by atoms with Crippen molar-refractivity contribution < 1.29 is 9.90 Å². The van der Waals surface area contributed by atoms with Crippen molar-refractivity contribution >= 4 is 39.2 Å². The maximum absolute atomic E-state index is 11.6. The standard InChI is InChI=1S/C19H15BrClNO2/c20-11-8-15-13-2-1-3-14(13)17(10-4-6-12(21)7-5-10)22-18(15)16(9-11)19(23)24/h1-2,4-9,13-14,17,22H,3H2,(H,23,24)/p-1/t13-,14+,17-/m1/s1. The van der Waals surface area contributed by atoms with Crippen LogP contribution in [0.1, 0.15) is 39.9 Å². The molecule has 2 aliphatic rings. The molecular formula is C19H14BrClNO2-. The van der Waals surface area contributed by atoms with Crippen LogP contribution in [0.25, 0.3) is 0 Å². The number of halogens is 2. The van der Waals surface area contributed by atoms with Crippen LogP contribution in [0, 0.1) is 5.92 Å². The lowest BCUT2D eigenvalue weighted by Gasteiger charge is -2.39. The quantitative estimate of drug-likeness (QED) is 0.761. The van der Waals surface area contributed by atoms with Gasteiger partial charge in [0, 0.05) is 26.7 Å². The lowest BCUT2D eigenvalue weighted by molar-refractivity contribution is -0.254. The van der Waals surface area contributed by atoms with Gasteiger partial charge in [-0.05, 0) is 47.7 Å². The van der Waals surface area contributed by atoms with Gasteiger partial charge in [-0.1, -0.05) is 51.8 Å². The number of fused-ring (bicyclic) bond motifs is 3. The number of carboxylic acid groups (broad SMARTS) is 1. The minimum atomic E-state index is -1.17. The Kier molecular flexibility index (Phi) is 3.89. The average molecular weight is 404 g/mol. The molecule has 0 saturated heterocycles. The number of carbonyl (C=O) groups is 1. The van der Waals surface area contributed by atoms with Gasteiger partial charge in [0.2, 0.25) is 0 Å². The Morgan fingerprint density at radius 1 is 1.25 bits per heavy atom. The highest BCUT2D eigenvalue weighted by Crippen LogP contribution is 2.51. The van der Waals surface area contributed by atoms with Crippen LogP contribution in [-0.2, 0) is 0 Å². The van der Waals surface area contributed by atoms with Crippen LogP contribution >= 0.6 is 27.5 Å². The SMILES string of the molecule is O=C([O-])c1cc(Br)cc2c1N[C@H](c1ccc(Cl)cc1)[C@H]1CC=C[C@@H]21. The van der Waals surface area contributed by atoms with Crippen LogP contribution in [-0.4, -0.2) is 5.97 Å². The second kappa shape index (κ2) is 5.94. The second-order valence-electron chi connectivity index (χ2n) is 6.23. The molecular weight excluding hydrogens is 390 g/mol. The first-order valence-corrected chi connectivity index (χ1v) is 8.95. The molecule has 3 atom stereocenters. The van der Waals surface area contributed by atoms with E-state index in [0.717, 1.165) is 22.0 Å². The van der Waals surface area contributed by atoms with Crippen LogP contribution in [0.2, 0.25) is 5.02 Å². The summed E-state index contributed by atoms with van der Waals surface area (Å²) in [6, 6.07) is 11.4. The van der Waals surface area contributed by atoms with E-state index in [4.69, 9.17) is 11.6 Å². The predicted octanol–water partition coefficient (Wildman–Crippen LogP) is 4.29. The van der Waals surface area contributed by atoms with E-state index >= 15 is 0 Å². The van der Waals surface area contributed by atoms with Crippen LogP contribution in [0.4, 0.5) is 5.69 Å². The summed E-state index contributed by atoms with van der Waals surface area (Å²) in [5, 5.41) is 15.7. The molecule has 0 fully saturated rings. The van der Waals surface area contributed by atoms with Gasteiger partial charge in [-0.15, -0.1) is 0 Å². The molecule has 0 unspecified atom stereocenters. The van der Waals surface area contributed by atoms with Crippen LogP contribution in [0.5, 0.6) is 0 Å². The van der Waals surface area contributed by atoms with Gasteiger partial charge in [-0.25, -0.2) is 0 Å². The van der Waals surface area contributed by atoms with Crippen molar-refractivity contribution in [3.05, 3.63) is 74.7 Å². The first-order valence-electron chi connectivity index (χ1n) is 7.78. The minimum absolute atomic E-state index is 0.0362. The first-order chi connectivity index (χ1) is 11.5. The third-order valence-corrected chi connectivity index (χ3v) is 5.59. The molecule has 0 bridgehead atoms. The smallest absolute Gasteiger partial charge is 0.0736 e. The number of anilines is 1. The number of rotatable bonds is 2. The van der Waals surface area contributed by atoms with Gasteiger partial charge >= 0.3 is 0 Å². The van der Waals surface area contributed by atoms with Crippen molar-refractivity contribution in [2.75, 3.05) is 5.32 Å². The van der Waals surface area contributed by atoms with Gasteiger partial charge in [0.15, 0.2) is 0 Å². The maximum atomic E-state index is 11.6. The molecule has 0 aromatic heterocycles. The van der Waals surface area contributed by atoms with E-state index in [1.54, 1.807) is 6.07 Å². The predicted molar refractivity (Wildman–Crippen MR) is 96.3 cm³/mol. The summed E-state index contributed by atoms with van der Waals surface area (Å²) in [6.45, 7) is 0. The molecule has 1 heterocycles. The monoisotopic (exact) mass is 402 g/mol. The zero-order valence-electron chi connectivity index (χ0n) is 12.6. The van der Waals surface area contributed by atoms with E-state index in [1.165, 1.54) is 0 Å². The van der Waals surface area contributed by atoms with Crippen molar-refractivity contribution in [1.29, 1.82) is 0 Å². The summed E-state index contributed by atoms with van der Waals surface area (Å²) < 4.78 is 0.756. The third kappa shape index (κ3) is 2.54. The number of aromatic carboxylic acids is 1. The number of hydrogen-bond acceptors (Lipinski definition) is 3. The molecule has 0 radical (unpaired) electrons. The Morgan fingerprint density at radius 2 is 2.00 bits per heavy atom. The fourth-order valence-corrected chi connectivity index (χ4v) is 4.43. The molecule has 2 aromatic carbocycles.